The number of amides is 2. The van der Waals surface area contributed by atoms with Crippen LogP contribution < -0.4 is 11.5 Å². The summed E-state index contributed by atoms with van der Waals surface area (Å²) in [5.74, 6) is -0.0716. The zero-order chi connectivity index (χ0) is 13.0. The van der Waals surface area contributed by atoms with Gasteiger partial charge in [-0.15, -0.1) is 0 Å². The lowest BCUT2D eigenvalue weighted by Gasteiger charge is -2.34. The summed E-state index contributed by atoms with van der Waals surface area (Å²) in [4.78, 5) is 25.0. The van der Waals surface area contributed by atoms with Crippen molar-refractivity contribution in [1.29, 1.82) is 0 Å². The fourth-order valence-electron chi connectivity index (χ4n) is 2.28. The molecule has 4 N–H and O–H groups in total. The molecule has 1 heterocycles. The third kappa shape index (κ3) is 3.43. The molecule has 0 aromatic heterocycles. The van der Waals surface area contributed by atoms with Crippen LogP contribution in [-0.4, -0.2) is 36.3 Å². The Kier molecular flexibility index (Phi) is 4.93. The number of nitrogens with zero attached hydrogens (tertiary/aromatic N) is 1. The van der Waals surface area contributed by atoms with E-state index in [0.29, 0.717) is 32.5 Å². The second-order valence-electron chi connectivity index (χ2n) is 5.09. The molecule has 1 saturated heterocycles. The summed E-state index contributed by atoms with van der Waals surface area (Å²) in [6.45, 7) is 5.63. The largest absolute Gasteiger partial charge is 0.369 e. The number of likely N-dealkylation sites (tertiary alicyclic amines) is 1. The van der Waals surface area contributed by atoms with Gasteiger partial charge in [0, 0.05) is 25.6 Å². The highest BCUT2D eigenvalue weighted by Gasteiger charge is 2.30. The van der Waals surface area contributed by atoms with Crippen molar-refractivity contribution in [2.75, 3.05) is 19.6 Å². The number of carbonyl (C=O) groups excluding carboxylic acids is 2. The van der Waals surface area contributed by atoms with E-state index in [4.69, 9.17) is 11.5 Å². The fourth-order valence-corrected chi connectivity index (χ4v) is 2.28. The number of nitrogens with two attached hydrogens (primary N) is 2. The fraction of sp³-hybridized carbons (Fsp3) is 0.833. The van der Waals surface area contributed by atoms with Gasteiger partial charge < -0.3 is 16.4 Å². The van der Waals surface area contributed by atoms with Crippen LogP contribution in [0.4, 0.5) is 0 Å². The van der Waals surface area contributed by atoms with E-state index in [1.807, 2.05) is 18.7 Å². The van der Waals surface area contributed by atoms with Gasteiger partial charge in [-0.3, -0.25) is 9.59 Å². The monoisotopic (exact) mass is 241 g/mol. The van der Waals surface area contributed by atoms with Gasteiger partial charge in [0.25, 0.3) is 0 Å². The first-order valence-corrected chi connectivity index (χ1v) is 6.25. The molecule has 1 aliphatic heterocycles. The van der Waals surface area contributed by atoms with Crippen LogP contribution in [-0.2, 0) is 9.59 Å². The van der Waals surface area contributed by atoms with Gasteiger partial charge >= 0.3 is 0 Å². The van der Waals surface area contributed by atoms with Crippen molar-refractivity contribution in [3.8, 4) is 0 Å². The normalized spacial score (nSPS) is 19.4. The Morgan fingerprint density at radius 1 is 1.29 bits per heavy atom. The molecule has 17 heavy (non-hydrogen) atoms. The molecular weight excluding hydrogens is 218 g/mol. The number of hydrogen-bond donors (Lipinski definition) is 2. The van der Waals surface area contributed by atoms with Crippen LogP contribution in [0.2, 0.25) is 0 Å². The summed E-state index contributed by atoms with van der Waals surface area (Å²) in [5, 5.41) is 0. The molecule has 5 heteroatoms. The van der Waals surface area contributed by atoms with Crippen molar-refractivity contribution in [3.63, 3.8) is 0 Å². The molecule has 1 unspecified atom stereocenters. The van der Waals surface area contributed by atoms with Crippen LogP contribution >= 0.6 is 0 Å². The second kappa shape index (κ2) is 6.00. The summed E-state index contributed by atoms with van der Waals surface area (Å²) in [6, 6.07) is 0. The van der Waals surface area contributed by atoms with Crippen LogP contribution in [0.25, 0.3) is 0 Å². The first kappa shape index (κ1) is 14.0. The average Bonchev–Trinajstić information content (AvgIpc) is 2.29. The van der Waals surface area contributed by atoms with E-state index in [2.05, 4.69) is 0 Å². The lowest BCUT2D eigenvalue weighted by Crippen LogP contribution is -2.46. The summed E-state index contributed by atoms with van der Waals surface area (Å²) in [7, 11) is 0. The molecule has 1 aliphatic rings. The SMILES string of the molecule is CC(C)C(CN)C(=O)N1CCC(C(N)=O)CC1. The van der Waals surface area contributed by atoms with E-state index in [-0.39, 0.29) is 29.6 Å². The van der Waals surface area contributed by atoms with Crippen LogP contribution in [0.15, 0.2) is 0 Å². The summed E-state index contributed by atoms with van der Waals surface area (Å²) >= 11 is 0. The predicted octanol–water partition coefficient (Wildman–Crippen LogP) is -0.0588. The summed E-state index contributed by atoms with van der Waals surface area (Å²) in [6.07, 6.45) is 1.35. The lowest BCUT2D eigenvalue weighted by atomic mass is 9.91. The molecule has 5 nitrogen and oxygen atoms in total. The number of rotatable bonds is 4. The predicted molar refractivity (Wildman–Crippen MR) is 65.9 cm³/mol. The highest BCUT2D eigenvalue weighted by atomic mass is 16.2. The Bertz CT molecular complexity index is 283. The molecule has 0 spiro atoms. The third-order valence-corrected chi connectivity index (χ3v) is 3.58. The Hall–Kier alpha value is -1.10. The summed E-state index contributed by atoms with van der Waals surface area (Å²) in [5.41, 5.74) is 10.9. The van der Waals surface area contributed by atoms with Crippen LogP contribution in [0.1, 0.15) is 26.7 Å². The number of piperidine rings is 1. The molecule has 0 aromatic rings. The van der Waals surface area contributed by atoms with Crippen molar-refractivity contribution in [2.45, 2.75) is 26.7 Å². The van der Waals surface area contributed by atoms with Crippen LogP contribution in [0.5, 0.6) is 0 Å². The van der Waals surface area contributed by atoms with Gasteiger partial charge in [0.1, 0.15) is 0 Å². The standard InChI is InChI=1S/C12H23N3O2/c1-8(2)10(7-13)12(17)15-5-3-9(4-6-15)11(14)16/h8-10H,3-7,13H2,1-2H3,(H2,14,16). The first-order valence-electron chi connectivity index (χ1n) is 6.25. The molecule has 2 amide bonds. The third-order valence-electron chi connectivity index (χ3n) is 3.58. The van der Waals surface area contributed by atoms with Gasteiger partial charge in [-0.1, -0.05) is 13.8 Å². The Morgan fingerprint density at radius 3 is 2.18 bits per heavy atom. The maximum Gasteiger partial charge on any atom is 0.227 e. The topological polar surface area (TPSA) is 89.4 Å². The molecule has 0 saturated carbocycles. The lowest BCUT2D eigenvalue weighted by molar-refractivity contribution is -0.139. The number of primary amides is 1. The molecule has 1 atom stereocenters. The minimum atomic E-state index is -0.253. The minimum absolute atomic E-state index is 0.0746. The van der Waals surface area contributed by atoms with Crippen molar-refractivity contribution in [3.05, 3.63) is 0 Å². The maximum atomic E-state index is 12.2. The van der Waals surface area contributed by atoms with E-state index in [1.165, 1.54) is 0 Å². The Morgan fingerprint density at radius 2 is 1.82 bits per heavy atom. The molecule has 0 aliphatic carbocycles. The Balaban J connectivity index is 2.53. The molecule has 0 aromatic carbocycles. The zero-order valence-corrected chi connectivity index (χ0v) is 10.7. The highest BCUT2D eigenvalue weighted by molar-refractivity contribution is 5.80. The molecule has 0 bridgehead atoms. The second-order valence-corrected chi connectivity index (χ2v) is 5.09. The van der Waals surface area contributed by atoms with Gasteiger partial charge in [0.05, 0.1) is 5.92 Å². The van der Waals surface area contributed by atoms with E-state index in [0.717, 1.165) is 0 Å². The van der Waals surface area contributed by atoms with Crippen molar-refractivity contribution >= 4 is 11.8 Å². The maximum absolute atomic E-state index is 12.2. The van der Waals surface area contributed by atoms with E-state index < -0.39 is 0 Å². The quantitative estimate of drug-likeness (QED) is 0.722. The smallest absolute Gasteiger partial charge is 0.227 e. The molecular formula is C12H23N3O2. The first-order chi connectivity index (χ1) is 7.97. The zero-order valence-electron chi connectivity index (χ0n) is 10.7. The summed E-state index contributed by atoms with van der Waals surface area (Å²) < 4.78 is 0. The van der Waals surface area contributed by atoms with Crippen molar-refractivity contribution in [1.82, 2.24) is 4.90 Å². The molecule has 1 rings (SSSR count). The molecule has 0 radical (unpaired) electrons. The van der Waals surface area contributed by atoms with Crippen LogP contribution in [0.3, 0.4) is 0 Å². The molecule has 98 valence electrons. The minimum Gasteiger partial charge on any atom is -0.369 e. The van der Waals surface area contributed by atoms with E-state index in [1.54, 1.807) is 0 Å². The Labute approximate surface area is 103 Å². The van der Waals surface area contributed by atoms with Crippen molar-refractivity contribution in [2.24, 2.45) is 29.2 Å². The van der Waals surface area contributed by atoms with E-state index in [9.17, 15) is 9.59 Å². The molecule has 1 fully saturated rings. The highest BCUT2D eigenvalue weighted by Crippen LogP contribution is 2.20. The van der Waals surface area contributed by atoms with Crippen molar-refractivity contribution < 1.29 is 9.59 Å². The van der Waals surface area contributed by atoms with E-state index >= 15 is 0 Å². The number of carbonyl (C=O) groups is 2. The van der Waals surface area contributed by atoms with Gasteiger partial charge in [-0.2, -0.15) is 0 Å². The van der Waals surface area contributed by atoms with Gasteiger partial charge in [0.2, 0.25) is 11.8 Å². The van der Waals surface area contributed by atoms with Gasteiger partial charge in [-0.25, -0.2) is 0 Å². The average molecular weight is 241 g/mol. The van der Waals surface area contributed by atoms with Gasteiger partial charge in [0.15, 0.2) is 0 Å². The number of hydrogen-bond acceptors (Lipinski definition) is 3. The van der Waals surface area contributed by atoms with Gasteiger partial charge in [-0.05, 0) is 18.8 Å². The van der Waals surface area contributed by atoms with Crippen LogP contribution in [0, 0.1) is 17.8 Å².